The standard InChI is InChI=1S/C12H18F2N2O/c1-3-4-11(17-2)12(16-15)9-6-5-8(13)7-10(9)14/h5-7,11-12,16H,3-4,15H2,1-2H3. The first-order valence-corrected chi connectivity index (χ1v) is 5.57. The molecule has 0 saturated heterocycles. The van der Waals surface area contributed by atoms with Gasteiger partial charge in [0.1, 0.15) is 11.6 Å². The van der Waals surface area contributed by atoms with Gasteiger partial charge in [0, 0.05) is 18.7 Å². The lowest BCUT2D eigenvalue weighted by Gasteiger charge is -2.25. The molecule has 0 aromatic heterocycles. The van der Waals surface area contributed by atoms with Gasteiger partial charge in [0.15, 0.2) is 0 Å². The van der Waals surface area contributed by atoms with Crippen LogP contribution in [0.25, 0.3) is 0 Å². The van der Waals surface area contributed by atoms with Crippen molar-refractivity contribution in [2.45, 2.75) is 31.9 Å². The van der Waals surface area contributed by atoms with Gasteiger partial charge in [-0.05, 0) is 12.5 Å². The van der Waals surface area contributed by atoms with E-state index in [1.165, 1.54) is 12.1 Å². The molecule has 0 aliphatic rings. The third-order valence-corrected chi connectivity index (χ3v) is 2.72. The summed E-state index contributed by atoms with van der Waals surface area (Å²) in [6, 6.07) is 2.96. The molecule has 96 valence electrons. The molecule has 0 aliphatic carbocycles. The van der Waals surface area contributed by atoms with Crippen molar-refractivity contribution in [1.82, 2.24) is 5.43 Å². The monoisotopic (exact) mass is 244 g/mol. The summed E-state index contributed by atoms with van der Waals surface area (Å²) in [6.07, 6.45) is 1.38. The van der Waals surface area contributed by atoms with Gasteiger partial charge in [0.2, 0.25) is 0 Å². The summed E-state index contributed by atoms with van der Waals surface area (Å²) in [4.78, 5) is 0. The quantitative estimate of drug-likeness (QED) is 0.596. The Morgan fingerprint density at radius 1 is 1.41 bits per heavy atom. The van der Waals surface area contributed by atoms with Gasteiger partial charge in [-0.3, -0.25) is 11.3 Å². The summed E-state index contributed by atoms with van der Waals surface area (Å²) in [5, 5.41) is 0. The average Bonchev–Trinajstić information content (AvgIpc) is 2.31. The van der Waals surface area contributed by atoms with Crippen molar-refractivity contribution in [2.75, 3.05) is 7.11 Å². The first-order chi connectivity index (χ1) is 8.13. The maximum atomic E-state index is 13.6. The molecular weight excluding hydrogens is 226 g/mol. The number of nitrogens with one attached hydrogen (secondary N) is 1. The van der Waals surface area contributed by atoms with Crippen LogP contribution in [0, 0.1) is 11.6 Å². The lowest BCUT2D eigenvalue weighted by molar-refractivity contribution is 0.0594. The number of rotatable bonds is 6. The summed E-state index contributed by atoms with van der Waals surface area (Å²) in [7, 11) is 1.55. The Labute approximate surface area is 99.9 Å². The topological polar surface area (TPSA) is 47.3 Å². The van der Waals surface area contributed by atoms with Crippen molar-refractivity contribution >= 4 is 0 Å². The second kappa shape index (κ2) is 6.64. The molecule has 0 saturated carbocycles. The van der Waals surface area contributed by atoms with E-state index in [-0.39, 0.29) is 6.10 Å². The van der Waals surface area contributed by atoms with E-state index in [4.69, 9.17) is 10.6 Å². The Balaban J connectivity index is 2.99. The van der Waals surface area contributed by atoms with Gasteiger partial charge in [-0.2, -0.15) is 0 Å². The molecule has 0 aliphatic heterocycles. The highest BCUT2D eigenvalue weighted by molar-refractivity contribution is 5.23. The molecule has 3 N–H and O–H groups in total. The predicted octanol–water partition coefficient (Wildman–Crippen LogP) is 2.28. The second-order valence-corrected chi connectivity index (χ2v) is 3.87. The number of hydrazine groups is 1. The van der Waals surface area contributed by atoms with Crippen molar-refractivity contribution in [1.29, 1.82) is 0 Å². The van der Waals surface area contributed by atoms with Crippen LogP contribution in [0.3, 0.4) is 0 Å². The maximum Gasteiger partial charge on any atom is 0.131 e. The van der Waals surface area contributed by atoms with Crippen molar-refractivity contribution < 1.29 is 13.5 Å². The van der Waals surface area contributed by atoms with E-state index in [1.54, 1.807) is 7.11 Å². The van der Waals surface area contributed by atoms with E-state index in [0.717, 1.165) is 18.9 Å². The van der Waals surface area contributed by atoms with Crippen LogP contribution < -0.4 is 11.3 Å². The number of ether oxygens (including phenoxy) is 1. The van der Waals surface area contributed by atoms with E-state index in [9.17, 15) is 8.78 Å². The minimum Gasteiger partial charge on any atom is -0.379 e. The molecule has 1 aromatic carbocycles. The first-order valence-electron chi connectivity index (χ1n) is 5.57. The summed E-state index contributed by atoms with van der Waals surface area (Å²) < 4.78 is 31.7. The van der Waals surface area contributed by atoms with Gasteiger partial charge < -0.3 is 4.74 Å². The minimum absolute atomic E-state index is 0.245. The Morgan fingerprint density at radius 2 is 2.12 bits per heavy atom. The van der Waals surface area contributed by atoms with Crippen LogP contribution in [0.2, 0.25) is 0 Å². The summed E-state index contributed by atoms with van der Waals surface area (Å²) in [5.74, 6) is 4.20. The normalized spacial score (nSPS) is 14.6. The van der Waals surface area contributed by atoms with E-state index < -0.39 is 17.7 Å². The molecule has 1 aromatic rings. The molecule has 0 radical (unpaired) electrons. The minimum atomic E-state index is -0.619. The third-order valence-electron chi connectivity index (χ3n) is 2.72. The van der Waals surface area contributed by atoms with E-state index >= 15 is 0 Å². The van der Waals surface area contributed by atoms with Crippen molar-refractivity contribution in [3.05, 3.63) is 35.4 Å². The van der Waals surface area contributed by atoms with Crippen LogP contribution in [-0.2, 0) is 4.74 Å². The molecule has 2 atom stereocenters. The lowest BCUT2D eigenvalue weighted by Crippen LogP contribution is -2.38. The molecule has 0 bridgehead atoms. The highest BCUT2D eigenvalue weighted by Gasteiger charge is 2.24. The van der Waals surface area contributed by atoms with Gasteiger partial charge in [-0.25, -0.2) is 8.78 Å². The van der Waals surface area contributed by atoms with Crippen LogP contribution in [0.5, 0.6) is 0 Å². The molecule has 0 heterocycles. The highest BCUT2D eigenvalue weighted by atomic mass is 19.1. The second-order valence-electron chi connectivity index (χ2n) is 3.87. The summed E-state index contributed by atoms with van der Waals surface area (Å²) in [6.45, 7) is 2.00. The zero-order chi connectivity index (χ0) is 12.8. The average molecular weight is 244 g/mol. The number of benzene rings is 1. The molecule has 2 unspecified atom stereocenters. The lowest BCUT2D eigenvalue weighted by atomic mass is 9.98. The fourth-order valence-corrected chi connectivity index (χ4v) is 1.86. The zero-order valence-corrected chi connectivity index (χ0v) is 10.0. The van der Waals surface area contributed by atoms with E-state index in [1.807, 2.05) is 6.92 Å². The van der Waals surface area contributed by atoms with Crippen LogP contribution in [0.15, 0.2) is 18.2 Å². The summed E-state index contributed by atoms with van der Waals surface area (Å²) >= 11 is 0. The Kier molecular flexibility index (Phi) is 5.47. The fraction of sp³-hybridized carbons (Fsp3) is 0.500. The zero-order valence-electron chi connectivity index (χ0n) is 10.0. The van der Waals surface area contributed by atoms with E-state index in [2.05, 4.69) is 5.43 Å². The Bertz CT molecular complexity index is 360. The van der Waals surface area contributed by atoms with Crippen LogP contribution in [0.4, 0.5) is 8.78 Å². The smallest absolute Gasteiger partial charge is 0.131 e. The number of hydrogen-bond acceptors (Lipinski definition) is 3. The van der Waals surface area contributed by atoms with Crippen molar-refractivity contribution in [3.8, 4) is 0 Å². The van der Waals surface area contributed by atoms with Gasteiger partial charge >= 0.3 is 0 Å². The number of hydrogen-bond donors (Lipinski definition) is 2. The molecule has 0 fully saturated rings. The molecular formula is C12H18F2N2O. The Morgan fingerprint density at radius 3 is 2.59 bits per heavy atom. The van der Waals surface area contributed by atoms with Crippen LogP contribution in [-0.4, -0.2) is 13.2 Å². The predicted molar refractivity (Wildman–Crippen MR) is 62.1 cm³/mol. The third kappa shape index (κ3) is 3.46. The van der Waals surface area contributed by atoms with E-state index in [0.29, 0.717) is 5.56 Å². The molecule has 17 heavy (non-hydrogen) atoms. The van der Waals surface area contributed by atoms with Crippen molar-refractivity contribution in [3.63, 3.8) is 0 Å². The highest BCUT2D eigenvalue weighted by Crippen LogP contribution is 2.24. The molecule has 1 rings (SSSR count). The maximum absolute atomic E-state index is 13.6. The molecule has 0 amide bonds. The van der Waals surface area contributed by atoms with Crippen molar-refractivity contribution in [2.24, 2.45) is 5.84 Å². The van der Waals surface area contributed by atoms with Gasteiger partial charge in [0.05, 0.1) is 12.1 Å². The Hall–Kier alpha value is -1.04. The van der Waals surface area contributed by atoms with Crippen LogP contribution in [0.1, 0.15) is 31.4 Å². The molecule has 0 spiro atoms. The number of methoxy groups -OCH3 is 1. The van der Waals surface area contributed by atoms with Gasteiger partial charge in [-0.1, -0.05) is 19.4 Å². The molecule has 5 heteroatoms. The molecule has 3 nitrogen and oxygen atoms in total. The fourth-order valence-electron chi connectivity index (χ4n) is 1.86. The van der Waals surface area contributed by atoms with Gasteiger partial charge in [-0.15, -0.1) is 0 Å². The van der Waals surface area contributed by atoms with Crippen LogP contribution >= 0.6 is 0 Å². The first kappa shape index (κ1) is 14.0. The van der Waals surface area contributed by atoms with Gasteiger partial charge in [0.25, 0.3) is 0 Å². The SMILES string of the molecule is CCCC(OC)C(NN)c1ccc(F)cc1F. The number of halogens is 2. The number of nitrogens with two attached hydrogens (primary N) is 1. The summed E-state index contributed by atoms with van der Waals surface area (Å²) in [5.41, 5.74) is 2.84. The largest absolute Gasteiger partial charge is 0.379 e.